The van der Waals surface area contributed by atoms with Crippen molar-refractivity contribution in [1.82, 2.24) is 19.4 Å². The number of aliphatic imine (C=N–C) groups is 1. The van der Waals surface area contributed by atoms with Crippen molar-refractivity contribution >= 4 is 28.9 Å². The molecule has 1 aliphatic heterocycles. The number of pyridine rings is 1. The number of carbonyl (C=O) groups excluding carboxylic acids is 1. The average molecular weight is 564 g/mol. The van der Waals surface area contributed by atoms with E-state index in [0.717, 1.165) is 49.3 Å². The molecule has 3 aromatic rings. The number of halogens is 1. The van der Waals surface area contributed by atoms with Gasteiger partial charge in [0, 0.05) is 24.7 Å². The van der Waals surface area contributed by atoms with Crippen LogP contribution in [0.5, 0.6) is 5.75 Å². The smallest absolute Gasteiger partial charge is 0.209 e. The number of ether oxygens (including phenoxy) is 1. The molecule has 0 radical (unpaired) electrons. The summed E-state index contributed by atoms with van der Waals surface area (Å²) in [5.74, 6) is 5.90. The Kier molecular flexibility index (Phi) is 9.49. The van der Waals surface area contributed by atoms with Crippen molar-refractivity contribution in [2.75, 3.05) is 19.7 Å². The van der Waals surface area contributed by atoms with Gasteiger partial charge < -0.3 is 25.2 Å². The van der Waals surface area contributed by atoms with Crippen LogP contribution < -0.4 is 10.6 Å². The maximum atomic E-state index is 13.4. The van der Waals surface area contributed by atoms with Crippen LogP contribution in [0, 0.1) is 5.82 Å². The molecule has 3 heterocycles. The molecular formula is C30H38FN7O3. The number of rotatable bonds is 9. The molecule has 1 unspecified atom stereocenters. The fourth-order valence-electron chi connectivity index (χ4n) is 4.83. The first-order valence-corrected chi connectivity index (χ1v) is 13.8. The van der Waals surface area contributed by atoms with Gasteiger partial charge in [0.1, 0.15) is 35.0 Å². The normalized spacial score (nSPS) is 17.9. The van der Waals surface area contributed by atoms with E-state index in [1.807, 2.05) is 26.0 Å². The summed E-state index contributed by atoms with van der Waals surface area (Å²) in [4.78, 5) is 26.3. The third kappa shape index (κ3) is 7.15. The van der Waals surface area contributed by atoms with E-state index in [2.05, 4.69) is 26.2 Å². The van der Waals surface area contributed by atoms with E-state index >= 15 is 0 Å². The summed E-state index contributed by atoms with van der Waals surface area (Å²) >= 11 is 0. The largest absolute Gasteiger partial charge is 0.488 e. The highest BCUT2D eigenvalue weighted by molar-refractivity contribution is 6.47. The van der Waals surface area contributed by atoms with Gasteiger partial charge in [0.2, 0.25) is 6.41 Å². The number of fused-ring (bicyclic) bond motifs is 1. The molecule has 11 heteroatoms. The van der Waals surface area contributed by atoms with Gasteiger partial charge in [-0.05, 0) is 70.7 Å². The SMILES string of the molecule is C=CC.CC(=NC1CCN(C=O)CC1)/C(=N\N)c1cc(OCC(C)(O)c2ccc(F)cn2)c2c(c1)ncn2C1CC1. The number of hydrogen-bond acceptors (Lipinski definition) is 8. The van der Waals surface area contributed by atoms with Gasteiger partial charge >= 0.3 is 0 Å². The number of imidazole rings is 1. The molecule has 10 nitrogen and oxygen atoms in total. The molecule has 2 aromatic heterocycles. The minimum absolute atomic E-state index is 0.0785. The predicted molar refractivity (Wildman–Crippen MR) is 158 cm³/mol. The van der Waals surface area contributed by atoms with Crippen LogP contribution >= 0.6 is 0 Å². The number of aliphatic hydroxyl groups is 1. The number of hydrazone groups is 1. The van der Waals surface area contributed by atoms with Gasteiger partial charge in [-0.15, -0.1) is 6.58 Å². The van der Waals surface area contributed by atoms with Gasteiger partial charge in [-0.2, -0.15) is 5.10 Å². The molecule has 5 rings (SSSR count). The molecule has 1 amide bonds. The molecule has 1 saturated heterocycles. The highest BCUT2D eigenvalue weighted by atomic mass is 19.1. The van der Waals surface area contributed by atoms with Crippen molar-refractivity contribution in [3.63, 3.8) is 0 Å². The van der Waals surface area contributed by atoms with E-state index in [4.69, 9.17) is 15.6 Å². The zero-order valence-electron chi connectivity index (χ0n) is 23.8. The topological polar surface area (TPSA) is 131 Å². The van der Waals surface area contributed by atoms with Crippen LogP contribution in [0.4, 0.5) is 4.39 Å². The first-order valence-electron chi connectivity index (χ1n) is 13.8. The Balaban J connectivity index is 0.00000124. The lowest BCUT2D eigenvalue weighted by Gasteiger charge is -2.27. The summed E-state index contributed by atoms with van der Waals surface area (Å²) in [6.45, 7) is 9.93. The maximum Gasteiger partial charge on any atom is 0.209 e. The van der Waals surface area contributed by atoms with E-state index in [9.17, 15) is 14.3 Å². The number of aromatic nitrogens is 3. The highest BCUT2D eigenvalue weighted by Crippen LogP contribution is 2.40. The second-order valence-electron chi connectivity index (χ2n) is 10.6. The Hall–Kier alpha value is -4.12. The molecule has 2 fully saturated rings. The Labute approximate surface area is 239 Å². The number of amides is 1. The Bertz CT molecular complexity index is 1420. The Morgan fingerprint density at radius 2 is 1.98 bits per heavy atom. The lowest BCUT2D eigenvalue weighted by molar-refractivity contribution is -0.119. The molecule has 3 N–H and O–H groups in total. The van der Waals surface area contributed by atoms with Crippen LogP contribution in [0.15, 0.2) is 59.5 Å². The second-order valence-corrected chi connectivity index (χ2v) is 10.6. The number of carbonyl (C=O) groups is 1. The van der Waals surface area contributed by atoms with Crippen LogP contribution in [-0.2, 0) is 10.4 Å². The molecule has 41 heavy (non-hydrogen) atoms. The molecule has 1 saturated carbocycles. The predicted octanol–water partition coefficient (Wildman–Crippen LogP) is 4.13. The molecule has 2 aliphatic rings. The summed E-state index contributed by atoms with van der Waals surface area (Å²) in [6, 6.07) is 6.90. The quantitative estimate of drug-likeness (QED) is 0.132. The van der Waals surface area contributed by atoms with E-state index in [0.29, 0.717) is 47.6 Å². The van der Waals surface area contributed by atoms with Crippen molar-refractivity contribution in [2.45, 2.75) is 64.1 Å². The maximum absolute atomic E-state index is 13.4. The van der Waals surface area contributed by atoms with Gasteiger partial charge in [0.25, 0.3) is 0 Å². The Morgan fingerprint density at radius 1 is 1.27 bits per heavy atom. The number of benzene rings is 1. The van der Waals surface area contributed by atoms with Crippen LogP contribution in [0.25, 0.3) is 11.0 Å². The van der Waals surface area contributed by atoms with Crippen molar-refractivity contribution in [2.24, 2.45) is 15.9 Å². The zero-order chi connectivity index (χ0) is 29.6. The zero-order valence-corrected chi connectivity index (χ0v) is 23.8. The van der Waals surface area contributed by atoms with E-state index in [1.165, 1.54) is 12.1 Å². The van der Waals surface area contributed by atoms with E-state index < -0.39 is 11.4 Å². The van der Waals surface area contributed by atoms with Crippen LogP contribution in [0.2, 0.25) is 0 Å². The standard InChI is InChI=1S/C27H32FN7O3.C3H6/c1-17(32-20-7-9-34(16-36)10-8-20)25(33-29)18-11-22-26(35(15-31-22)21-4-5-21)23(12-18)38-14-27(2,37)24-6-3-19(28)13-30-24;1-3-2/h3,6,11-13,15-16,20-21,37H,4-5,7-10,14,29H2,1-2H3;3H,1H2,2H3/b32-17?,33-25+;. The first kappa shape index (κ1) is 29.9. The molecule has 1 aliphatic carbocycles. The highest BCUT2D eigenvalue weighted by Gasteiger charge is 2.30. The third-order valence-electron chi connectivity index (χ3n) is 7.13. The summed E-state index contributed by atoms with van der Waals surface area (Å²) in [5, 5.41) is 15.1. The van der Waals surface area contributed by atoms with Crippen LogP contribution in [0.3, 0.4) is 0 Å². The molecule has 218 valence electrons. The van der Waals surface area contributed by atoms with Gasteiger partial charge in [-0.3, -0.25) is 14.8 Å². The lowest BCUT2D eigenvalue weighted by atomic mass is 10.0. The number of piperidine rings is 1. The summed E-state index contributed by atoms with van der Waals surface area (Å²) in [6.07, 6.45) is 9.18. The minimum Gasteiger partial charge on any atom is -0.488 e. The van der Waals surface area contributed by atoms with Gasteiger partial charge in [0.05, 0.1) is 35.5 Å². The number of nitrogens with zero attached hydrogens (tertiary/aromatic N) is 6. The van der Waals surface area contributed by atoms with Gasteiger partial charge in [-0.1, -0.05) is 6.08 Å². The number of allylic oxidation sites excluding steroid dienone is 1. The summed E-state index contributed by atoms with van der Waals surface area (Å²) in [7, 11) is 0. The number of likely N-dealkylation sites (tertiary alicyclic amines) is 1. The molecular weight excluding hydrogens is 525 g/mol. The van der Waals surface area contributed by atoms with Crippen LogP contribution in [0.1, 0.15) is 63.8 Å². The summed E-state index contributed by atoms with van der Waals surface area (Å²) < 4.78 is 21.7. The summed E-state index contributed by atoms with van der Waals surface area (Å²) in [5.41, 5.74) is 2.29. The van der Waals surface area contributed by atoms with E-state index in [1.54, 1.807) is 24.2 Å². The number of hydrogen-bond donors (Lipinski definition) is 2. The second kappa shape index (κ2) is 13.0. The van der Waals surface area contributed by atoms with Gasteiger partial charge in [-0.25, -0.2) is 9.37 Å². The molecule has 1 atom stereocenters. The lowest BCUT2D eigenvalue weighted by Crippen LogP contribution is -2.34. The van der Waals surface area contributed by atoms with E-state index in [-0.39, 0.29) is 12.6 Å². The van der Waals surface area contributed by atoms with Crippen molar-refractivity contribution in [3.05, 3.63) is 66.5 Å². The van der Waals surface area contributed by atoms with Crippen LogP contribution in [-0.4, -0.2) is 68.1 Å². The monoisotopic (exact) mass is 563 g/mol. The fraction of sp³-hybridized carbons (Fsp3) is 0.433. The van der Waals surface area contributed by atoms with Crippen molar-refractivity contribution < 1.29 is 19.0 Å². The Morgan fingerprint density at radius 3 is 2.56 bits per heavy atom. The van der Waals surface area contributed by atoms with Crippen molar-refractivity contribution in [3.8, 4) is 5.75 Å². The van der Waals surface area contributed by atoms with Crippen molar-refractivity contribution in [1.29, 1.82) is 0 Å². The fourth-order valence-corrected chi connectivity index (χ4v) is 4.83. The first-order chi connectivity index (χ1) is 19.7. The third-order valence-corrected chi connectivity index (χ3v) is 7.13. The minimum atomic E-state index is -1.46. The molecule has 1 aromatic carbocycles. The molecule has 0 bridgehead atoms. The number of nitrogens with two attached hydrogens (primary N) is 1. The molecule has 0 spiro atoms. The average Bonchev–Trinajstić information content (AvgIpc) is 3.72. The van der Waals surface area contributed by atoms with Gasteiger partial charge in [0.15, 0.2) is 0 Å².